The highest BCUT2D eigenvalue weighted by Gasteiger charge is 2.36. The Kier molecular flexibility index (Phi) is 2.34. The monoisotopic (exact) mass is 176 g/mol. The minimum atomic E-state index is -0.277. The Balaban J connectivity index is 2.55. The molecule has 0 aromatic rings. The third-order valence-corrected chi connectivity index (χ3v) is 2.08. The number of hydrogen-bond acceptors (Lipinski definition) is 4. The fourth-order valence-corrected chi connectivity index (χ4v) is 0.999. The maximum atomic E-state index is 8.96. The summed E-state index contributed by atoms with van der Waals surface area (Å²) in [5.74, 6) is 0. The van der Waals surface area contributed by atoms with Crippen LogP contribution in [0.5, 0.6) is 0 Å². The zero-order valence-electron chi connectivity index (χ0n) is 6.66. The van der Waals surface area contributed by atoms with Crippen LogP contribution in [0.15, 0.2) is 0 Å². The molecule has 0 bridgehead atoms. The summed E-state index contributed by atoms with van der Waals surface area (Å²) >= 11 is 4.69. The Labute approximate surface area is 71.3 Å². The largest absolute Gasteiger partial charge is 0.453 e. The molecule has 64 valence electrons. The van der Waals surface area contributed by atoms with E-state index in [9.17, 15) is 0 Å². The molecular weight excluding hydrogens is 164 g/mol. The van der Waals surface area contributed by atoms with Crippen molar-refractivity contribution in [2.24, 2.45) is 5.41 Å². The molecule has 0 aromatic carbocycles. The average Bonchev–Trinajstić information content (AvgIpc) is 2.36. The Bertz CT molecular complexity index is 167. The fraction of sp³-hybridized carbons (Fsp3) is 0.857. The summed E-state index contributed by atoms with van der Waals surface area (Å²) in [5, 5.41) is 9.15. The molecular formula is C7H12O3S. The van der Waals surface area contributed by atoms with E-state index in [1.165, 1.54) is 0 Å². The van der Waals surface area contributed by atoms with Gasteiger partial charge in [-0.2, -0.15) is 0 Å². The summed E-state index contributed by atoms with van der Waals surface area (Å²) in [6.07, 6.45) is -0.111. The third kappa shape index (κ3) is 1.81. The lowest BCUT2D eigenvalue weighted by Gasteiger charge is -2.25. The van der Waals surface area contributed by atoms with Gasteiger partial charge in [-0.05, 0) is 0 Å². The second-order valence-corrected chi connectivity index (χ2v) is 3.65. The highest BCUT2D eigenvalue weighted by atomic mass is 32.1. The van der Waals surface area contributed by atoms with Gasteiger partial charge in [-0.3, -0.25) is 0 Å². The molecule has 1 aliphatic rings. The molecule has 11 heavy (non-hydrogen) atoms. The lowest BCUT2D eigenvalue weighted by atomic mass is 9.88. The van der Waals surface area contributed by atoms with E-state index in [1.807, 2.05) is 13.8 Å². The lowest BCUT2D eigenvalue weighted by Crippen LogP contribution is -2.34. The van der Waals surface area contributed by atoms with Crippen LogP contribution in [0, 0.1) is 5.41 Å². The SMILES string of the molecule is CC(C)(CO)[C@@H]1COC(=S)O1. The molecule has 0 amide bonds. The molecule has 1 heterocycles. The van der Waals surface area contributed by atoms with E-state index < -0.39 is 0 Å². The van der Waals surface area contributed by atoms with Crippen molar-refractivity contribution in [1.29, 1.82) is 0 Å². The van der Waals surface area contributed by atoms with Crippen molar-refractivity contribution in [3.63, 3.8) is 0 Å². The normalized spacial score (nSPS) is 24.6. The molecule has 1 fully saturated rings. The van der Waals surface area contributed by atoms with E-state index >= 15 is 0 Å². The molecule has 0 radical (unpaired) electrons. The van der Waals surface area contributed by atoms with E-state index in [0.29, 0.717) is 6.61 Å². The Morgan fingerprint density at radius 3 is 2.73 bits per heavy atom. The highest BCUT2D eigenvalue weighted by Crippen LogP contribution is 2.26. The molecule has 1 aliphatic heterocycles. The predicted molar refractivity (Wildman–Crippen MR) is 44.3 cm³/mol. The minimum Gasteiger partial charge on any atom is -0.453 e. The molecule has 0 saturated carbocycles. The third-order valence-electron chi connectivity index (χ3n) is 1.87. The second kappa shape index (κ2) is 2.95. The number of thiocarbonyl (C=S) groups is 1. The van der Waals surface area contributed by atoms with Crippen molar-refractivity contribution in [2.75, 3.05) is 13.2 Å². The Hall–Kier alpha value is -0.350. The van der Waals surface area contributed by atoms with Gasteiger partial charge in [0.15, 0.2) is 0 Å². The van der Waals surface area contributed by atoms with Crippen LogP contribution in [0.25, 0.3) is 0 Å². The second-order valence-electron chi connectivity index (χ2n) is 3.31. The molecule has 0 unspecified atom stereocenters. The maximum absolute atomic E-state index is 8.96. The van der Waals surface area contributed by atoms with Crippen molar-refractivity contribution in [3.8, 4) is 0 Å². The van der Waals surface area contributed by atoms with Gasteiger partial charge >= 0.3 is 5.24 Å². The van der Waals surface area contributed by atoms with Crippen LogP contribution in [0.1, 0.15) is 13.8 Å². The molecule has 0 spiro atoms. The first-order chi connectivity index (χ1) is 5.06. The molecule has 1 rings (SSSR count). The van der Waals surface area contributed by atoms with Gasteiger partial charge in [0.2, 0.25) is 0 Å². The summed E-state index contributed by atoms with van der Waals surface area (Å²) in [6, 6.07) is 0. The van der Waals surface area contributed by atoms with Gasteiger partial charge in [-0.15, -0.1) is 0 Å². The van der Waals surface area contributed by atoms with E-state index in [-0.39, 0.29) is 23.4 Å². The molecule has 4 heteroatoms. The number of ether oxygens (including phenoxy) is 2. The van der Waals surface area contributed by atoms with Crippen LogP contribution >= 0.6 is 12.2 Å². The first-order valence-corrected chi connectivity index (χ1v) is 3.91. The van der Waals surface area contributed by atoms with E-state index in [2.05, 4.69) is 12.2 Å². The van der Waals surface area contributed by atoms with Crippen molar-refractivity contribution in [1.82, 2.24) is 0 Å². The van der Waals surface area contributed by atoms with Crippen LogP contribution in [0.3, 0.4) is 0 Å². The fourth-order valence-electron chi connectivity index (χ4n) is 0.815. The van der Waals surface area contributed by atoms with Crippen LogP contribution < -0.4 is 0 Å². The first-order valence-electron chi connectivity index (χ1n) is 3.50. The number of rotatable bonds is 2. The minimum absolute atomic E-state index is 0.0731. The molecule has 1 atom stereocenters. The molecule has 3 nitrogen and oxygen atoms in total. The van der Waals surface area contributed by atoms with Gasteiger partial charge in [0, 0.05) is 17.6 Å². The lowest BCUT2D eigenvalue weighted by molar-refractivity contribution is 0.0352. The van der Waals surface area contributed by atoms with Crippen LogP contribution in [-0.4, -0.2) is 29.7 Å². The topological polar surface area (TPSA) is 38.7 Å². The first kappa shape index (κ1) is 8.74. The van der Waals surface area contributed by atoms with Crippen LogP contribution in [0.2, 0.25) is 0 Å². The van der Waals surface area contributed by atoms with Gasteiger partial charge in [0.25, 0.3) is 0 Å². The molecule has 0 aliphatic carbocycles. The van der Waals surface area contributed by atoms with Gasteiger partial charge in [0.1, 0.15) is 12.7 Å². The molecule has 1 saturated heterocycles. The van der Waals surface area contributed by atoms with E-state index in [0.717, 1.165) is 0 Å². The summed E-state index contributed by atoms with van der Waals surface area (Å²) in [4.78, 5) is 0. The zero-order valence-corrected chi connectivity index (χ0v) is 7.48. The predicted octanol–water partition coefficient (Wildman–Crippen LogP) is 0.705. The standard InChI is InChI=1S/C7H12O3S/c1-7(2,4-8)5-3-9-6(11)10-5/h5,8H,3-4H2,1-2H3/t5-/m0/s1. The average molecular weight is 176 g/mol. The number of hydrogen-bond donors (Lipinski definition) is 1. The maximum Gasteiger partial charge on any atom is 0.352 e. The molecule has 1 N–H and O–H groups in total. The van der Waals surface area contributed by atoms with Crippen LogP contribution in [-0.2, 0) is 9.47 Å². The van der Waals surface area contributed by atoms with Crippen molar-refractivity contribution in [2.45, 2.75) is 20.0 Å². The smallest absolute Gasteiger partial charge is 0.352 e. The van der Waals surface area contributed by atoms with Crippen molar-refractivity contribution < 1.29 is 14.6 Å². The van der Waals surface area contributed by atoms with Crippen molar-refractivity contribution in [3.05, 3.63) is 0 Å². The van der Waals surface area contributed by atoms with Gasteiger partial charge < -0.3 is 14.6 Å². The zero-order chi connectivity index (χ0) is 8.48. The highest BCUT2D eigenvalue weighted by molar-refractivity contribution is 7.79. The number of aliphatic hydroxyl groups excluding tert-OH is 1. The Morgan fingerprint density at radius 1 is 1.73 bits per heavy atom. The van der Waals surface area contributed by atoms with Crippen molar-refractivity contribution >= 4 is 17.5 Å². The summed E-state index contributed by atoms with van der Waals surface area (Å²) in [5.41, 5.74) is -0.277. The van der Waals surface area contributed by atoms with Crippen LogP contribution in [0.4, 0.5) is 0 Å². The summed E-state index contributed by atoms with van der Waals surface area (Å²) in [6.45, 7) is 4.35. The van der Waals surface area contributed by atoms with Gasteiger partial charge in [-0.1, -0.05) is 13.8 Å². The van der Waals surface area contributed by atoms with E-state index in [1.54, 1.807) is 0 Å². The summed E-state index contributed by atoms with van der Waals surface area (Å²) in [7, 11) is 0. The van der Waals surface area contributed by atoms with E-state index in [4.69, 9.17) is 14.6 Å². The molecule has 0 aromatic heterocycles. The number of aliphatic hydroxyl groups is 1. The van der Waals surface area contributed by atoms with Gasteiger partial charge in [0.05, 0.1) is 6.61 Å². The van der Waals surface area contributed by atoms with Gasteiger partial charge in [-0.25, -0.2) is 0 Å². The Morgan fingerprint density at radius 2 is 2.36 bits per heavy atom. The summed E-state index contributed by atoms with van der Waals surface area (Å²) < 4.78 is 10.1. The quantitative estimate of drug-likeness (QED) is 0.629.